The highest BCUT2D eigenvalue weighted by molar-refractivity contribution is 4.73. The summed E-state index contributed by atoms with van der Waals surface area (Å²) in [5, 5.41) is 0. The lowest BCUT2D eigenvalue weighted by Crippen LogP contribution is -2.18. The highest BCUT2D eigenvalue weighted by Crippen LogP contribution is 2.02. The maximum absolute atomic E-state index is 5.66. The number of hydrogen-bond donors (Lipinski definition) is 1. The van der Waals surface area contributed by atoms with Gasteiger partial charge in [-0.25, -0.2) is 0 Å². The minimum Gasteiger partial charge on any atom is -0.327 e. The van der Waals surface area contributed by atoms with Gasteiger partial charge in [0.25, 0.3) is 0 Å². The van der Waals surface area contributed by atoms with Crippen LogP contribution in [-0.4, -0.2) is 6.04 Å². The van der Waals surface area contributed by atoms with Crippen LogP contribution in [0.5, 0.6) is 0 Å². The summed E-state index contributed by atoms with van der Waals surface area (Å²) in [6.45, 7) is 4.23. The summed E-state index contributed by atoms with van der Waals surface area (Å²) in [6, 6.07) is 0.330. The molecule has 0 aliphatic carbocycles. The third-order valence-corrected chi connectivity index (χ3v) is 1.57. The highest BCUT2D eigenvalue weighted by Gasteiger charge is 1.96. The molecule has 0 saturated heterocycles. The molecule has 55 valence electrons. The van der Waals surface area contributed by atoms with Gasteiger partial charge in [-0.05, 0) is 12.8 Å². The molecule has 0 aliphatic rings. The Morgan fingerprint density at radius 1 is 1.44 bits per heavy atom. The van der Waals surface area contributed by atoms with Gasteiger partial charge in [0.1, 0.15) is 0 Å². The second kappa shape index (κ2) is 6.09. The molecular weight excluding hydrogens is 110 g/mol. The molecule has 2 N–H and O–H groups in total. The Balaban J connectivity index is 2.88. The first kappa shape index (κ1) is 8.96. The van der Waals surface area contributed by atoms with Crippen molar-refractivity contribution in [1.29, 1.82) is 0 Å². The Kier molecular flexibility index (Phi) is 6.06. The van der Waals surface area contributed by atoms with E-state index in [-0.39, 0.29) is 0 Å². The van der Waals surface area contributed by atoms with E-state index in [4.69, 9.17) is 5.73 Å². The van der Waals surface area contributed by atoms with E-state index in [1.165, 1.54) is 19.3 Å². The third-order valence-electron chi connectivity index (χ3n) is 1.57. The van der Waals surface area contributed by atoms with Gasteiger partial charge in [-0.2, -0.15) is 0 Å². The summed E-state index contributed by atoms with van der Waals surface area (Å²) in [4.78, 5) is 0. The molecule has 0 aromatic heterocycles. The summed E-state index contributed by atoms with van der Waals surface area (Å²) >= 11 is 0. The van der Waals surface area contributed by atoms with Gasteiger partial charge in [-0.3, -0.25) is 0 Å². The van der Waals surface area contributed by atoms with E-state index < -0.39 is 0 Å². The Hall–Kier alpha value is -0.0400. The molecule has 1 unspecified atom stereocenters. The van der Waals surface area contributed by atoms with Crippen molar-refractivity contribution in [3.8, 4) is 0 Å². The van der Waals surface area contributed by atoms with Crippen LogP contribution in [0.15, 0.2) is 0 Å². The molecule has 0 spiro atoms. The fraction of sp³-hybridized carbons (Fsp3) is 0.875. The first-order valence-corrected chi connectivity index (χ1v) is 3.86. The first-order valence-electron chi connectivity index (χ1n) is 3.86. The lowest BCUT2D eigenvalue weighted by atomic mass is 10.1. The molecule has 1 atom stereocenters. The molecule has 0 rings (SSSR count). The van der Waals surface area contributed by atoms with Crippen LogP contribution in [0.1, 0.15) is 39.5 Å². The summed E-state index contributed by atoms with van der Waals surface area (Å²) in [6.07, 6.45) is 7.11. The van der Waals surface area contributed by atoms with Crippen LogP contribution in [0.4, 0.5) is 0 Å². The van der Waals surface area contributed by atoms with Crippen molar-refractivity contribution < 1.29 is 0 Å². The van der Waals surface area contributed by atoms with Crippen LogP contribution < -0.4 is 5.73 Å². The zero-order chi connectivity index (χ0) is 7.11. The Morgan fingerprint density at radius 2 is 2.11 bits per heavy atom. The highest BCUT2D eigenvalue weighted by atomic mass is 14.6. The smallest absolute Gasteiger partial charge is 0.00676 e. The van der Waals surface area contributed by atoms with Crippen LogP contribution in [0.2, 0.25) is 0 Å². The fourth-order valence-corrected chi connectivity index (χ4v) is 0.797. The van der Waals surface area contributed by atoms with Gasteiger partial charge in [-0.15, -0.1) is 0 Å². The number of hydrogen-bond acceptors (Lipinski definition) is 1. The molecule has 0 bridgehead atoms. The van der Waals surface area contributed by atoms with Crippen LogP contribution in [0, 0.1) is 6.42 Å². The Labute approximate surface area is 58.6 Å². The van der Waals surface area contributed by atoms with Gasteiger partial charge in [0.15, 0.2) is 0 Å². The first-order chi connectivity index (χ1) is 4.31. The van der Waals surface area contributed by atoms with Crippen molar-refractivity contribution in [1.82, 2.24) is 0 Å². The van der Waals surface area contributed by atoms with Crippen LogP contribution in [0.3, 0.4) is 0 Å². The van der Waals surface area contributed by atoms with E-state index in [1.807, 2.05) is 6.92 Å². The SMILES string of the molecule is C[CH]C(N)CCCCC. The molecule has 0 amide bonds. The lowest BCUT2D eigenvalue weighted by Gasteiger charge is -2.05. The largest absolute Gasteiger partial charge is 0.327 e. The van der Waals surface area contributed by atoms with E-state index >= 15 is 0 Å². The average Bonchev–Trinajstić information content (AvgIpc) is 1.89. The van der Waals surface area contributed by atoms with Crippen molar-refractivity contribution >= 4 is 0 Å². The normalized spacial score (nSPS) is 13.7. The van der Waals surface area contributed by atoms with Gasteiger partial charge in [0.05, 0.1) is 0 Å². The minimum absolute atomic E-state index is 0.330. The monoisotopic (exact) mass is 128 g/mol. The molecule has 9 heavy (non-hydrogen) atoms. The van der Waals surface area contributed by atoms with Crippen molar-refractivity contribution in [3.05, 3.63) is 6.42 Å². The van der Waals surface area contributed by atoms with Crippen LogP contribution in [0.25, 0.3) is 0 Å². The molecule has 0 fully saturated rings. The predicted octanol–water partition coefficient (Wildman–Crippen LogP) is 2.12. The zero-order valence-electron chi connectivity index (χ0n) is 6.56. The molecule has 0 saturated carbocycles. The third kappa shape index (κ3) is 5.84. The van der Waals surface area contributed by atoms with Gasteiger partial charge in [-0.1, -0.05) is 33.1 Å². The van der Waals surface area contributed by atoms with Gasteiger partial charge in [0, 0.05) is 6.04 Å². The number of nitrogens with two attached hydrogens (primary N) is 1. The zero-order valence-corrected chi connectivity index (χ0v) is 6.56. The predicted molar refractivity (Wildman–Crippen MR) is 42.1 cm³/mol. The van der Waals surface area contributed by atoms with Gasteiger partial charge in [0.2, 0.25) is 0 Å². The maximum Gasteiger partial charge on any atom is 0.00676 e. The molecule has 0 aliphatic heterocycles. The summed E-state index contributed by atoms with van der Waals surface area (Å²) in [5.41, 5.74) is 5.66. The second-order valence-corrected chi connectivity index (χ2v) is 2.49. The van der Waals surface area contributed by atoms with Crippen LogP contribution >= 0.6 is 0 Å². The molecule has 0 aromatic carbocycles. The van der Waals surface area contributed by atoms with E-state index in [1.54, 1.807) is 0 Å². The summed E-state index contributed by atoms with van der Waals surface area (Å²) < 4.78 is 0. The van der Waals surface area contributed by atoms with E-state index in [0.717, 1.165) is 6.42 Å². The lowest BCUT2D eigenvalue weighted by molar-refractivity contribution is 0.603. The average molecular weight is 128 g/mol. The Bertz CT molecular complexity index is 52.5. The molecule has 0 aromatic rings. The summed E-state index contributed by atoms with van der Waals surface area (Å²) in [5.74, 6) is 0. The van der Waals surface area contributed by atoms with Crippen LogP contribution in [-0.2, 0) is 0 Å². The summed E-state index contributed by atoms with van der Waals surface area (Å²) in [7, 11) is 0. The second-order valence-electron chi connectivity index (χ2n) is 2.49. The number of unbranched alkanes of at least 4 members (excludes halogenated alkanes) is 2. The molecule has 1 heteroatoms. The van der Waals surface area contributed by atoms with Crippen molar-refractivity contribution in [2.45, 2.75) is 45.6 Å². The Morgan fingerprint density at radius 3 is 2.56 bits per heavy atom. The number of rotatable bonds is 5. The van der Waals surface area contributed by atoms with Crippen molar-refractivity contribution in [2.24, 2.45) is 5.73 Å². The fourth-order valence-electron chi connectivity index (χ4n) is 0.797. The molecule has 1 nitrogen and oxygen atoms in total. The van der Waals surface area contributed by atoms with E-state index in [0.29, 0.717) is 6.04 Å². The molecular formula is C8H18N. The van der Waals surface area contributed by atoms with E-state index in [9.17, 15) is 0 Å². The van der Waals surface area contributed by atoms with Crippen molar-refractivity contribution in [2.75, 3.05) is 0 Å². The van der Waals surface area contributed by atoms with Gasteiger partial charge >= 0.3 is 0 Å². The quantitative estimate of drug-likeness (QED) is 0.564. The standard InChI is InChI=1S/C8H18N/c1-3-5-6-7-8(9)4-2/h4,8H,3,5-7,9H2,1-2H3. The molecule has 1 radical (unpaired) electrons. The maximum atomic E-state index is 5.66. The minimum atomic E-state index is 0.330. The van der Waals surface area contributed by atoms with Crippen molar-refractivity contribution in [3.63, 3.8) is 0 Å². The van der Waals surface area contributed by atoms with Gasteiger partial charge < -0.3 is 5.73 Å². The molecule has 0 heterocycles. The van der Waals surface area contributed by atoms with E-state index in [2.05, 4.69) is 13.3 Å². The topological polar surface area (TPSA) is 26.0 Å².